The molecule has 0 amide bonds. The molecule has 0 aliphatic carbocycles. The Balaban J connectivity index is 0.000000280. The molecule has 2 aliphatic rings. The first-order valence-electron chi connectivity index (χ1n) is 10.3. The van der Waals surface area contributed by atoms with E-state index in [9.17, 15) is 9.59 Å². The van der Waals surface area contributed by atoms with Crippen LogP contribution < -0.4 is 0 Å². The standard InChI is InChI=1S/C11H20O3.C10H18O4/c1-8(2)10(12)5-6-11(4)13-7-9(3)14-11;1-3-8(12)4-5-10(2)13-7-9(6-11)14-10/h8-9H,5-7H2,1-4H3;9,11H,3-7H2,1-2H3. The van der Waals surface area contributed by atoms with E-state index in [1.54, 1.807) is 0 Å². The summed E-state index contributed by atoms with van der Waals surface area (Å²) in [5.74, 6) is -0.622. The summed E-state index contributed by atoms with van der Waals surface area (Å²) in [4.78, 5) is 22.5. The molecule has 2 aliphatic heterocycles. The number of rotatable bonds is 9. The minimum absolute atomic E-state index is 0.0304. The summed E-state index contributed by atoms with van der Waals surface area (Å²) in [5.41, 5.74) is 0. The zero-order chi connectivity index (χ0) is 21.4. The van der Waals surface area contributed by atoms with E-state index in [1.165, 1.54) is 0 Å². The number of carbonyl (C=O) groups is 2. The van der Waals surface area contributed by atoms with Crippen LogP contribution in [0.3, 0.4) is 0 Å². The van der Waals surface area contributed by atoms with Crippen molar-refractivity contribution in [1.82, 2.24) is 0 Å². The maximum atomic E-state index is 11.4. The monoisotopic (exact) mass is 402 g/mol. The van der Waals surface area contributed by atoms with Crippen LogP contribution in [0.25, 0.3) is 0 Å². The highest BCUT2D eigenvalue weighted by atomic mass is 16.7. The van der Waals surface area contributed by atoms with Crippen LogP contribution in [0.1, 0.15) is 73.6 Å². The van der Waals surface area contributed by atoms with Crippen molar-refractivity contribution in [1.29, 1.82) is 0 Å². The van der Waals surface area contributed by atoms with Crippen LogP contribution in [0.2, 0.25) is 0 Å². The van der Waals surface area contributed by atoms with Crippen LogP contribution in [0.15, 0.2) is 0 Å². The molecule has 0 aromatic carbocycles. The molecule has 7 nitrogen and oxygen atoms in total. The van der Waals surface area contributed by atoms with Crippen molar-refractivity contribution in [3.63, 3.8) is 0 Å². The van der Waals surface area contributed by atoms with Gasteiger partial charge in [0, 0.05) is 38.0 Å². The average molecular weight is 403 g/mol. The van der Waals surface area contributed by atoms with E-state index < -0.39 is 11.6 Å². The van der Waals surface area contributed by atoms with Gasteiger partial charge in [-0.3, -0.25) is 9.59 Å². The molecule has 7 heteroatoms. The maximum absolute atomic E-state index is 11.4. The van der Waals surface area contributed by atoms with Crippen molar-refractivity contribution < 1.29 is 33.6 Å². The van der Waals surface area contributed by atoms with Gasteiger partial charge in [0.2, 0.25) is 0 Å². The molecule has 164 valence electrons. The number of hydrogen-bond acceptors (Lipinski definition) is 7. The van der Waals surface area contributed by atoms with Gasteiger partial charge in [-0.2, -0.15) is 0 Å². The molecule has 4 unspecified atom stereocenters. The Kier molecular flexibility index (Phi) is 10.2. The summed E-state index contributed by atoms with van der Waals surface area (Å²) in [7, 11) is 0. The third kappa shape index (κ3) is 8.66. The molecule has 4 atom stereocenters. The lowest BCUT2D eigenvalue weighted by atomic mass is 10.0. The normalized spacial score (nSPS) is 32.3. The second kappa shape index (κ2) is 11.4. The van der Waals surface area contributed by atoms with Gasteiger partial charge in [0.1, 0.15) is 17.7 Å². The predicted octanol–water partition coefficient (Wildman–Crippen LogP) is 3.01. The van der Waals surface area contributed by atoms with Gasteiger partial charge in [-0.15, -0.1) is 0 Å². The lowest BCUT2D eigenvalue weighted by Gasteiger charge is -2.22. The zero-order valence-corrected chi connectivity index (χ0v) is 18.3. The van der Waals surface area contributed by atoms with Gasteiger partial charge in [-0.1, -0.05) is 20.8 Å². The Morgan fingerprint density at radius 1 is 1.04 bits per heavy atom. The average Bonchev–Trinajstić information content (AvgIpc) is 3.21. The summed E-state index contributed by atoms with van der Waals surface area (Å²) in [5, 5.41) is 8.85. The van der Waals surface area contributed by atoms with Gasteiger partial charge in [-0.25, -0.2) is 0 Å². The highest BCUT2D eigenvalue weighted by Crippen LogP contribution is 2.29. The lowest BCUT2D eigenvalue weighted by Crippen LogP contribution is -2.28. The molecule has 0 bridgehead atoms. The number of hydrogen-bond donors (Lipinski definition) is 1. The topological polar surface area (TPSA) is 91.3 Å². The number of carbonyl (C=O) groups excluding carboxylic acids is 2. The van der Waals surface area contributed by atoms with Crippen LogP contribution in [0, 0.1) is 5.92 Å². The molecular weight excluding hydrogens is 364 g/mol. The molecule has 2 rings (SSSR count). The van der Waals surface area contributed by atoms with Crippen molar-refractivity contribution in [2.24, 2.45) is 5.92 Å². The quantitative estimate of drug-likeness (QED) is 0.634. The third-order valence-corrected chi connectivity index (χ3v) is 4.99. The first-order chi connectivity index (χ1) is 13.0. The van der Waals surface area contributed by atoms with Gasteiger partial charge in [0.25, 0.3) is 0 Å². The van der Waals surface area contributed by atoms with Gasteiger partial charge >= 0.3 is 0 Å². The van der Waals surface area contributed by atoms with E-state index in [0.29, 0.717) is 45.3 Å². The molecule has 28 heavy (non-hydrogen) atoms. The zero-order valence-electron chi connectivity index (χ0n) is 18.3. The van der Waals surface area contributed by atoms with E-state index in [0.717, 1.165) is 0 Å². The van der Waals surface area contributed by atoms with Crippen molar-refractivity contribution >= 4 is 11.6 Å². The number of ketones is 2. The second-order valence-corrected chi connectivity index (χ2v) is 8.25. The van der Waals surface area contributed by atoms with Crippen molar-refractivity contribution in [2.45, 2.75) is 97.4 Å². The third-order valence-electron chi connectivity index (χ3n) is 4.99. The smallest absolute Gasteiger partial charge is 0.166 e. The molecule has 0 radical (unpaired) electrons. The molecule has 1 N–H and O–H groups in total. The fraction of sp³-hybridized carbons (Fsp3) is 0.905. The number of Topliss-reactive ketones (excluding diaryl/α,β-unsaturated/α-hetero) is 2. The maximum Gasteiger partial charge on any atom is 0.166 e. The molecular formula is C21H38O7. The Morgan fingerprint density at radius 3 is 2.07 bits per heavy atom. The highest BCUT2D eigenvalue weighted by molar-refractivity contribution is 5.80. The van der Waals surface area contributed by atoms with Gasteiger partial charge < -0.3 is 24.1 Å². The summed E-state index contributed by atoms with van der Waals surface area (Å²) in [6, 6.07) is 0. The van der Waals surface area contributed by atoms with Crippen LogP contribution in [-0.2, 0) is 28.5 Å². The second-order valence-electron chi connectivity index (χ2n) is 8.25. The summed E-state index contributed by atoms with van der Waals surface area (Å²) >= 11 is 0. The van der Waals surface area contributed by atoms with Crippen LogP contribution in [0.4, 0.5) is 0 Å². The Hall–Kier alpha value is -0.860. The van der Waals surface area contributed by atoms with Crippen LogP contribution in [0.5, 0.6) is 0 Å². The SMILES string of the molecule is CC1COC(C)(CCC(=O)C(C)C)O1.CCC(=O)CCC1(C)OCC(CO)O1. The van der Waals surface area contributed by atoms with E-state index in [4.69, 9.17) is 24.1 Å². The molecule has 0 aromatic heterocycles. The van der Waals surface area contributed by atoms with Crippen LogP contribution in [-0.4, -0.2) is 60.3 Å². The number of ether oxygens (including phenoxy) is 4. The molecule has 0 saturated carbocycles. The lowest BCUT2D eigenvalue weighted by molar-refractivity contribution is -0.164. The largest absolute Gasteiger partial charge is 0.394 e. The van der Waals surface area contributed by atoms with Crippen molar-refractivity contribution in [3.8, 4) is 0 Å². The molecule has 2 heterocycles. The molecule has 0 spiro atoms. The first-order valence-corrected chi connectivity index (χ1v) is 10.3. The number of aliphatic hydroxyl groups excluding tert-OH is 1. The van der Waals surface area contributed by atoms with Crippen LogP contribution >= 0.6 is 0 Å². The molecule has 2 saturated heterocycles. The van der Waals surface area contributed by atoms with E-state index >= 15 is 0 Å². The van der Waals surface area contributed by atoms with Gasteiger partial charge in [0.15, 0.2) is 11.6 Å². The predicted molar refractivity (Wildman–Crippen MR) is 105 cm³/mol. The summed E-state index contributed by atoms with van der Waals surface area (Å²) in [6.45, 7) is 12.4. The minimum atomic E-state index is -0.682. The summed E-state index contributed by atoms with van der Waals surface area (Å²) in [6.07, 6.45) is 2.71. The molecule has 0 aromatic rings. The van der Waals surface area contributed by atoms with Gasteiger partial charge in [-0.05, 0) is 20.8 Å². The first kappa shape index (κ1) is 25.2. The van der Waals surface area contributed by atoms with Gasteiger partial charge in [0.05, 0.1) is 25.9 Å². The van der Waals surface area contributed by atoms with Crippen molar-refractivity contribution in [3.05, 3.63) is 0 Å². The Bertz CT molecular complexity index is 507. The molecule has 2 fully saturated rings. The Labute approximate surface area is 169 Å². The van der Waals surface area contributed by atoms with Crippen molar-refractivity contribution in [2.75, 3.05) is 19.8 Å². The van der Waals surface area contributed by atoms with E-state index in [1.807, 2.05) is 41.5 Å². The highest BCUT2D eigenvalue weighted by Gasteiger charge is 2.37. The Morgan fingerprint density at radius 2 is 1.61 bits per heavy atom. The van der Waals surface area contributed by atoms with E-state index in [-0.39, 0.29) is 36.3 Å². The summed E-state index contributed by atoms with van der Waals surface area (Å²) < 4.78 is 22.0. The fourth-order valence-electron chi connectivity index (χ4n) is 3.01. The van der Waals surface area contributed by atoms with E-state index in [2.05, 4.69) is 0 Å². The fourth-order valence-corrected chi connectivity index (χ4v) is 3.01. The minimum Gasteiger partial charge on any atom is -0.394 e. The number of aliphatic hydroxyl groups is 1.